The maximum absolute atomic E-state index is 12.6. The number of carbonyl (C=O) groups is 2. The molecule has 1 aromatic carbocycles. The lowest BCUT2D eigenvalue weighted by molar-refractivity contribution is -0.123. The summed E-state index contributed by atoms with van der Waals surface area (Å²) in [6.45, 7) is 2.61. The fourth-order valence-electron chi connectivity index (χ4n) is 2.39. The van der Waals surface area contributed by atoms with Gasteiger partial charge in [-0.3, -0.25) is 9.59 Å². The molecule has 0 fully saturated rings. The number of amides is 2. The van der Waals surface area contributed by atoms with Crippen LogP contribution in [-0.4, -0.2) is 29.9 Å². The number of thiophene rings is 1. The Labute approximate surface area is 171 Å². The zero-order valence-corrected chi connectivity index (χ0v) is 18.1. The van der Waals surface area contributed by atoms with Crippen LogP contribution in [0.1, 0.15) is 33.5 Å². The van der Waals surface area contributed by atoms with Crippen LogP contribution in [0.2, 0.25) is 0 Å². The van der Waals surface area contributed by atoms with Gasteiger partial charge in [-0.25, -0.2) is 0 Å². The van der Waals surface area contributed by atoms with Crippen molar-refractivity contribution in [2.45, 2.75) is 32.4 Å². The summed E-state index contributed by atoms with van der Waals surface area (Å²) in [5.41, 5.74) is 0.528. The van der Waals surface area contributed by atoms with Crippen LogP contribution in [0.5, 0.6) is 0 Å². The van der Waals surface area contributed by atoms with Crippen molar-refractivity contribution >= 4 is 50.8 Å². The SMILES string of the molecule is CCc1ccc(CNC(=O)C(CCSC)NC(=O)c2ccccc2Br)s1. The number of hydrogen-bond acceptors (Lipinski definition) is 4. The summed E-state index contributed by atoms with van der Waals surface area (Å²) in [6, 6.07) is 10.8. The Balaban J connectivity index is 1.99. The summed E-state index contributed by atoms with van der Waals surface area (Å²) in [5, 5.41) is 5.82. The molecule has 0 saturated carbocycles. The second-order valence-corrected chi connectivity index (χ2v) is 8.82. The van der Waals surface area contributed by atoms with E-state index in [1.165, 1.54) is 4.88 Å². The molecule has 7 heteroatoms. The highest BCUT2D eigenvalue weighted by molar-refractivity contribution is 9.10. The van der Waals surface area contributed by atoms with Crippen molar-refractivity contribution in [3.05, 3.63) is 56.2 Å². The molecule has 2 N–H and O–H groups in total. The number of benzene rings is 1. The Morgan fingerprint density at radius 3 is 2.58 bits per heavy atom. The van der Waals surface area contributed by atoms with Gasteiger partial charge in [0.1, 0.15) is 6.04 Å². The van der Waals surface area contributed by atoms with E-state index < -0.39 is 6.04 Å². The summed E-state index contributed by atoms with van der Waals surface area (Å²) in [5.74, 6) is 0.404. The third-order valence-electron chi connectivity index (χ3n) is 3.85. The van der Waals surface area contributed by atoms with E-state index >= 15 is 0 Å². The first-order valence-corrected chi connectivity index (χ1v) is 11.4. The van der Waals surface area contributed by atoms with E-state index in [1.807, 2.05) is 24.5 Å². The molecule has 1 unspecified atom stereocenters. The first-order chi connectivity index (χ1) is 12.5. The van der Waals surface area contributed by atoms with Gasteiger partial charge in [0.05, 0.1) is 12.1 Å². The predicted octanol–water partition coefficient (Wildman–Crippen LogP) is 4.24. The van der Waals surface area contributed by atoms with Gasteiger partial charge in [-0.05, 0) is 65.0 Å². The fraction of sp³-hybridized carbons (Fsp3) is 0.368. The van der Waals surface area contributed by atoms with Crippen molar-refractivity contribution < 1.29 is 9.59 Å². The number of nitrogens with one attached hydrogen (secondary N) is 2. The van der Waals surface area contributed by atoms with Crippen LogP contribution < -0.4 is 10.6 Å². The monoisotopic (exact) mass is 454 g/mol. The molecule has 0 radical (unpaired) electrons. The summed E-state index contributed by atoms with van der Waals surface area (Å²) in [7, 11) is 0. The fourth-order valence-corrected chi connectivity index (χ4v) is 4.22. The molecule has 0 aliphatic heterocycles. The highest BCUT2D eigenvalue weighted by Gasteiger charge is 2.22. The Morgan fingerprint density at radius 2 is 1.92 bits per heavy atom. The van der Waals surface area contributed by atoms with Crippen molar-refractivity contribution in [3.8, 4) is 0 Å². The van der Waals surface area contributed by atoms with E-state index in [-0.39, 0.29) is 11.8 Å². The third-order valence-corrected chi connectivity index (χ3v) is 6.42. The van der Waals surface area contributed by atoms with Crippen LogP contribution >= 0.6 is 39.0 Å². The van der Waals surface area contributed by atoms with E-state index in [1.54, 1.807) is 35.2 Å². The lowest BCUT2D eigenvalue weighted by Gasteiger charge is -2.18. The largest absolute Gasteiger partial charge is 0.349 e. The van der Waals surface area contributed by atoms with E-state index in [0.717, 1.165) is 17.1 Å². The Bertz CT molecular complexity index is 749. The summed E-state index contributed by atoms with van der Waals surface area (Å²) in [4.78, 5) is 27.6. The van der Waals surface area contributed by atoms with Crippen LogP contribution in [0, 0.1) is 0 Å². The van der Waals surface area contributed by atoms with Gasteiger partial charge in [0.25, 0.3) is 5.91 Å². The lowest BCUT2D eigenvalue weighted by Crippen LogP contribution is -2.46. The van der Waals surface area contributed by atoms with E-state index in [2.05, 4.69) is 39.6 Å². The van der Waals surface area contributed by atoms with E-state index in [9.17, 15) is 9.59 Å². The maximum atomic E-state index is 12.6. The molecule has 0 saturated heterocycles. The molecule has 2 amide bonds. The highest BCUT2D eigenvalue weighted by atomic mass is 79.9. The van der Waals surface area contributed by atoms with Gasteiger partial charge in [0.2, 0.25) is 5.91 Å². The van der Waals surface area contributed by atoms with Gasteiger partial charge >= 0.3 is 0 Å². The Morgan fingerprint density at radius 1 is 1.19 bits per heavy atom. The minimum Gasteiger partial charge on any atom is -0.349 e. The molecule has 0 aliphatic carbocycles. The molecule has 0 aliphatic rings. The number of rotatable bonds is 9. The second-order valence-electron chi connectivity index (χ2n) is 5.73. The molecule has 1 heterocycles. The summed E-state index contributed by atoms with van der Waals surface area (Å²) in [6.07, 6.45) is 3.58. The maximum Gasteiger partial charge on any atom is 0.253 e. The number of thioether (sulfide) groups is 1. The average molecular weight is 455 g/mol. The summed E-state index contributed by atoms with van der Waals surface area (Å²) < 4.78 is 0.715. The van der Waals surface area contributed by atoms with E-state index in [4.69, 9.17) is 0 Å². The molecule has 2 aromatic rings. The molecule has 0 bridgehead atoms. The van der Waals surface area contributed by atoms with Gasteiger partial charge in [0, 0.05) is 14.2 Å². The van der Waals surface area contributed by atoms with Crippen LogP contribution in [0.4, 0.5) is 0 Å². The molecule has 26 heavy (non-hydrogen) atoms. The number of halogens is 1. The molecule has 2 rings (SSSR count). The zero-order valence-electron chi connectivity index (χ0n) is 14.9. The van der Waals surface area contributed by atoms with Crippen LogP contribution in [-0.2, 0) is 17.8 Å². The molecule has 1 aromatic heterocycles. The topological polar surface area (TPSA) is 58.2 Å². The summed E-state index contributed by atoms with van der Waals surface area (Å²) >= 11 is 6.74. The van der Waals surface area contributed by atoms with Gasteiger partial charge in [0.15, 0.2) is 0 Å². The molecular formula is C19H23BrN2O2S2. The Kier molecular flexibility index (Phi) is 8.68. The minimum absolute atomic E-state index is 0.147. The predicted molar refractivity (Wildman–Crippen MR) is 114 cm³/mol. The Hall–Kier alpha value is -1.31. The first kappa shape index (κ1) is 21.0. The smallest absolute Gasteiger partial charge is 0.253 e. The normalized spacial score (nSPS) is 11.8. The molecular weight excluding hydrogens is 432 g/mol. The van der Waals surface area contributed by atoms with E-state index in [0.29, 0.717) is 23.0 Å². The van der Waals surface area contributed by atoms with Gasteiger partial charge in [-0.15, -0.1) is 11.3 Å². The van der Waals surface area contributed by atoms with Crippen molar-refractivity contribution in [2.75, 3.05) is 12.0 Å². The van der Waals surface area contributed by atoms with Crippen LogP contribution in [0.25, 0.3) is 0 Å². The number of carbonyl (C=O) groups excluding carboxylic acids is 2. The average Bonchev–Trinajstić information content (AvgIpc) is 3.11. The van der Waals surface area contributed by atoms with Crippen LogP contribution in [0.3, 0.4) is 0 Å². The van der Waals surface area contributed by atoms with Gasteiger partial charge < -0.3 is 10.6 Å². The number of aryl methyl sites for hydroxylation is 1. The highest BCUT2D eigenvalue weighted by Crippen LogP contribution is 2.17. The number of hydrogen-bond donors (Lipinski definition) is 2. The van der Waals surface area contributed by atoms with Gasteiger partial charge in [-0.1, -0.05) is 19.1 Å². The first-order valence-electron chi connectivity index (χ1n) is 8.44. The van der Waals surface area contributed by atoms with Crippen molar-refractivity contribution in [1.29, 1.82) is 0 Å². The van der Waals surface area contributed by atoms with Crippen molar-refractivity contribution in [1.82, 2.24) is 10.6 Å². The molecule has 140 valence electrons. The quantitative estimate of drug-likeness (QED) is 0.595. The third kappa shape index (κ3) is 6.14. The van der Waals surface area contributed by atoms with Crippen LogP contribution in [0.15, 0.2) is 40.9 Å². The molecule has 1 atom stereocenters. The minimum atomic E-state index is -0.548. The second kappa shape index (κ2) is 10.7. The molecule has 0 spiro atoms. The lowest BCUT2D eigenvalue weighted by atomic mass is 10.1. The van der Waals surface area contributed by atoms with Gasteiger partial charge in [-0.2, -0.15) is 11.8 Å². The zero-order chi connectivity index (χ0) is 18.9. The molecule has 4 nitrogen and oxygen atoms in total. The standard InChI is InChI=1S/C19H23BrN2O2S2/c1-3-13-8-9-14(26-13)12-21-19(24)17(10-11-25-2)22-18(23)15-6-4-5-7-16(15)20/h4-9,17H,3,10-12H2,1-2H3,(H,21,24)(H,22,23). The van der Waals surface area contributed by atoms with Crippen molar-refractivity contribution in [3.63, 3.8) is 0 Å². The van der Waals surface area contributed by atoms with Crippen molar-refractivity contribution in [2.24, 2.45) is 0 Å².